The Morgan fingerprint density at radius 2 is 2.13 bits per heavy atom. The van der Waals surface area contributed by atoms with Gasteiger partial charge in [-0.1, -0.05) is 18.2 Å². The minimum Gasteiger partial charge on any atom is -0.478 e. The van der Waals surface area contributed by atoms with Crippen molar-refractivity contribution in [1.82, 2.24) is 9.97 Å². The smallest absolute Gasteiger partial charge is 0.336 e. The Hall–Kier alpha value is -2.10. The van der Waals surface area contributed by atoms with Crippen LogP contribution < -0.4 is 0 Å². The molecule has 76 valence electrons. The van der Waals surface area contributed by atoms with E-state index in [2.05, 4.69) is 9.97 Å². The summed E-state index contributed by atoms with van der Waals surface area (Å²) in [5.74, 6) is -0.937. The summed E-state index contributed by atoms with van der Waals surface area (Å²) in [6.07, 6.45) is 1.56. The van der Waals surface area contributed by atoms with Crippen molar-refractivity contribution in [3.63, 3.8) is 0 Å². The molecule has 0 aliphatic carbocycles. The second-order valence-corrected chi connectivity index (χ2v) is 3.23. The Balaban J connectivity index is 2.63. The number of nitrogens with zero attached hydrogens (tertiary/aromatic N) is 1. The van der Waals surface area contributed by atoms with Gasteiger partial charge in [-0.3, -0.25) is 0 Å². The Bertz CT molecular complexity index is 503. The number of hydrogen-bond acceptors (Lipinski definition) is 2. The monoisotopic (exact) mass is 202 g/mol. The molecule has 0 fully saturated rings. The van der Waals surface area contributed by atoms with Crippen LogP contribution in [0.2, 0.25) is 0 Å². The molecular formula is C11H10N2O2. The summed E-state index contributed by atoms with van der Waals surface area (Å²) in [6, 6.07) is 6.84. The highest BCUT2D eigenvalue weighted by Crippen LogP contribution is 2.23. The Morgan fingerprint density at radius 3 is 2.73 bits per heavy atom. The third-order valence-corrected chi connectivity index (χ3v) is 2.24. The van der Waals surface area contributed by atoms with Gasteiger partial charge in [0.25, 0.3) is 0 Å². The lowest BCUT2D eigenvalue weighted by Crippen LogP contribution is -1.99. The average molecular weight is 202 g/mol. The molecule has 0 amide bonds. The van der Waals surface area contributed by atoms with Gasteiger partial charge in [-0.2, -0.15) is 0 Å². The van der Waals surface area contributed by atoms with E-state index in [0.717, 1.165) is 5.69 Å². The van der Waals surface area contributed by atoms with Crippen LogP contribution in [0.3, 0.4) is 0 Å². The van der Waals surface area contributed by atoms with Gasteiger partial charge in [0.15, 0.2) is 0 Å². The largest absolute Gasteiger partial charge is 0.478 e. The zero-order chi connectivity index (χ0) is 10.8. The van der Waals surface area contributed by atoms with Gasteiger partial charge in [-0.15, -0.1) is 0 Å². The van der Waals surface area contributed by atoms with Crippen molar-refractivity contribution >= 4 is 5.97 Å². The highest BCUT2D eigenvalue weighted by molar-refractivity contribution is 5.95. The number of aromatic amines is 1. The fraction of sp³-hybridized carbons (Fsp3) is 0.0909. The maximum Gasteiger partial charge on any atom is 0.336 e. The molecule has 15 heavy (non-hydrogen) atoms. The third-order valence-electron chi connectivity index (χ3n) is 2.24. The summed E-state index contributed by atoms with van der Waals surface area (Å²) in [6.45, 7) is 1.86. The molecule has 2 rings (SSSR count). The van der Waals surface area contributed by atoms with Crippen molar-refractivity contribution in [3.8, 4) is 11.3 Å². The number of carboxylic acids is 1. The molecule has 1 heterocycles. The lowest BCUT2D eigenvalue weighted by molar-refractivity contribution is 0.0697. The molecule has 0 radical (unpaired) electrons. The maximum absolute atomic E-state index is 11.0. The van der Waals surface area contributed by atoms with Crippen LogP contribution in [-0.4, -0.2) is 21.0 Å². The standard InChI is InChI=1S/C11H10N2O2/c1-7-10(13-6-12-7)8-4-2-3-5-9(8)11(14)15/h2-6H,1H3,(H,12,13)(H,14,15). The first kappa shape index (κ1) is 9.45. The topological polar surface area (TPSA) is 66.0 Å². The molecule has 0 saturated heterocycles. The van der Waals surface area contributed by atoms with E-state index < -0.39 is 5.97 Å². The number of carbonyl (C=O) groups is 1. The molecule has 0 atom stereocenters. The molecule has 0 saturated carbocycles. The van der Waals surface area contributed by atoms with Gasteiger partial charge in [0, 0.05) is 11.3 Å². The van der Waals surface area contributed by atoms with Crippen LogP contribution in [0, 0.1) is 6.92 Å². The summed E-state index contributed by atoms with van der Waals surface area (Å²) >= 11 is 0. The van der Waals surface area contributed by atoms with Crippen LogP contribution in [0.5, 0.6) is 0 Å². The maximum atomic E-state index is 11.0. The van der Waals surface area contributed by atoms with Crippen molar-refractivity contribution in [2.45, 2.75) is 6.92 Å². The Kier molecular flexibility index (Phi) is 2.25. The van der Waals surface area contributed by atoms with E-state index in [0.29, 0.717) is 11.3 Å². The van der Waals surface area contributed by atoms with Crippen molar-refractivity contribution in [3.05, 3.63) is 41.9 Å². The molecule has 2 aromatic rings. The van der Waals surface area contributed by atoms with Gasteiger partial charge in [0.05, 0.1) is 17.6 Å². The second-order valence-electron chi connectivity index (χ2n) is 3.23. The van der Waals surface area contributed by atoms with Crippen molar-refractivity contribution in [2.24, 2.45) is 0 Å². The SMILES string of the molecule is Cc1[nH]cnc1-c1ccccc1C(=O)O. The Labute approximate surface area is 86.6 Å². The Morgan fingerprint density at radius 1 is 1.40 bits per heavy atom. The fourth-order valence-electron chi connectivity index (χ4n) is 1.51. The lowest BCUT2D eigenvalue weighted by atomic mass is 10.0. The van der Waals surface area contributed by atoms with Crippen LogP contribution in [0.1, 0.15) is 16.1 Å². The average Bonchev–Trinajstić information content (AvgIpc) is 2.64. The summed E-state index contributed by atoms with van der Waals surface area (Å²) < 4.78 is 0. The molecule has 0 spiro atoms. The van der Waals surface area contributed by atoms with E-state index in [9.17, 15) is 4.79 Å². The number of carboxylic acid groups (broad SMARTS) is 1. The number of benzene rings is 1. The summed E-state index contributed by atoms with van der Waals surface area (Å²) in [5.41, 5.74) is 2.47. The van der Waals surface area contributed by atoms with Crippen molar-refractivity contribution in [2.75, 3.05) is 0 Å². The number of aromatic nitrogens is 2. The minimum atomic E-state index is -0.937. The van der Waals surface area contributed by atoms with E-state index in [1.165, 1.54) is 0 Å². The predicted molar refractivity (Wildman–Crippen MR) is 55.7 cm³/mol. The van der Waals surface area contributed by atoms with Crippen LogP contribution >= 0.6 is 0 Å². The van der Waals surface area contributed by atoms with Gasteiger partial charge in [-0.25, -0.2) is 9.78 Å². The zero-order valence-electron chi connectivity index (χ0n) is 8.19. The number of imidazole rings is 1. The number of nitrogens with one attached hydrogen (secondary N) is 1. The van der Waals surface area contributed by atoms with Crippen molar-refractivity contribution in [1.29, 1.82) is 0 Å². The molecule has 0 unspecified atom stereocenters. The third kappa shape index (κ3) is 1.61. The minimum absolute atomic E-state index is 0.271. The molecule has 4 nitrogen and oxygen atoms in total. The van der Waals surface area contributed by atoms with E-state index in [1.807, 2.05) is 6.92 Å². The van der Waals surface area contributed by atoms with Gasteiger partial charge in [0.1, 0.15) is 0 Å². The van der Waals surface area contributed by atoms with Crippen LogP contribution in [0.25, 0.3) is 11.3 Å². The molecule has 1 aromatic carbocycles. The van der Waals surface area contributed by atoms with E-state index >= 15 is 0 Å². The second kappa shape index (κ2) is 3.57. The molecule has 4 heteroatoms. The quantitative estimate of drug-likeness (QED) is 0.783. The van der Waals surface area contributed by atoms with Gasteiger partial charge in [0.2, 0.25) is 0 Å². The zero-order valence-corrected chi connectivity index (χ0v) is 8.19. The first-order valence-corrected chi connectivity index (χ1v) is 4.53. The van der Waals surface area contributed by atoms with E-state index in [1.54, 1.807) is 30.6 Å². The number of rotatable bonds is 2. The van der Waals surface area contributed by atoms with Crippen molar-refractivity contribution < 1.29 is 9.90 Å². The van der Waals surface area contributed by atoms with E-state index in [-0.39, 0.29) is 5.56 Å². The number of aryl methyl sites for hydroxylation is 1. The molecule has 0 bridgehead atoms. The highest BCUT2D eigenvalue weighted by atomic mass is 16.4. The molecule has 2 N–H and O–H groups in total. The summed E-state index contributed by atoms with van der Waals surface area (Å²) in [5, 5.41) is 9.02. The first-order valence-electron chi connectivity index (χ1n) is 4.53. The van der Waals surface area contributed by atoms with Crippen LogP contribution in [-0.2, 0) is 0 Å². The molecule has 0 aliphatic heterocycles. The normalized spacial score (nSPS) is 10.2. The number of hydrogen-bond donors (Lipinski definition) is 2. The van der Waals surface area contributed by atoms with Crippen LogP contribution in [0.4, 0.5) is 0 Å². The lowest BCUT2D eigenvalue weighted by Gasteiger charge is -2.03. The summed E-state index contributed by atoms with van der Waals surface area (Å²) in [7, 11) is 0. The van der Waals surface area contributed by atoms with Gasteiger partial charge < -0.3 is 10.1 Å². The number of aromatic carboxylic acids is 1. The van der Waals surface area contributed by atoms with Gasteiger partial charge >= 0.3 is 5.97 Å². The van der Waals surface area contributed by atoms with E-state index in [4.69, 9.17) is 5.11 Å². The number of H-pyrrole nitrogens is 1. The first-order chi connectivity index (χ1) is 7.20. The van der Waals surface area contributed by atoms with Crippen LogP contribution in [0.15, 0.2) is 30.6 Å². The molecule has 1 aromatic heterocycles. The highest BCUT2D eigenvalue weighted by Gasteiger charge is 2.13. The predicted octanol–water partition coefficient (Wildman–Crippen LogP) is 2.08. The fourth-order valence-corrected chi connectivity index (χ4v) is 1.51. The molecule has 0 aliphatic rings. The van der Waals surface area contributed by atoms with Gasteiger partial charge in [-0.05, 0) is 13.0 Å². The molecular weight excluding hydrogens is 192 g/mol. The summed E-state index contributed by atoms with van der Waals surface area (Å²) in [4.78, 5) is 18.0.